The van der Waals surface area contributed by atoms with Gasteiger partial charge in [0, 0.05) is 33.1 Å². The third-order valence-corrected chi connectivity index (χ3v) is 10.8. The molecule has 4 aromatic rings. The number of carbonyl (C=O) groups is 4. The number of fused-ring (bicyclic) bond motifs is 6. The van der Waals surface area contributed by atoms with Gasteiger partial charge in [0.05, 0.1) is 21.1 Å². The normalized spacial score (nSPS) is 21.0. The third kappa shape index (κ3) is 3.08. The fraction of sp³-hybridized carbons (Fsp3) is 0.176. The first-order valence-electron chi connectivity index (χ1n) is 13.6. The summed E-state index contributed by atoms with van der Waals surface area (Å²) in [5, 5.41) is 1.39. The smallest absolute Gasteiger partial charge is 0.234 e. The molecule has 2 aromatic heterocycles. The third-order valence-electron chi connectivity index (χ3n) is 8.79. The maximum Gasteiger partial charge on any atom is 0.234 e. The van der Waals surface area contributed by atoms with E-state index in [1.807, 2.05) is 12.1 Å². The van der Waals surface area contributed by atoms with Gasteiger partial charge in [-0.25, -0.2) is 9.97 Å². The maximum atomic E-state index is 12.8. The monoisotopic (exact) mass is 586 g/mol. The van der Waals surface area contributed by atoms with Crippen LogP contribution in [0.25, 0.3) is 34.4 Å². The van der Waals surface area contributed by atoms with Crippen LogP contribution in [-0.4, -0.2) is 33.1 Å². The summed E-state index contributed by atoms with van der Waals surface area (Å²) < 4.78 is 0. The van der Waals surface area contributed by atoms with Crippen molar-refractivity contribution < 1.29 is 19.2 Å². The quantitative estimate of drug-likeness (QED) is 0.192. The molecule has 0 N–H and O–H groups in total. The van der Waals surface area contributed by atoms with Crippen LogP contribution in [-0.2, 0) is 20.4 Å². The van der Waals surface area contributed by atoms with Crippen molar-refractivity contribution in [3.05, 3.63) is 102 Å². The van der Waals surface area contributed by atoms with E-state index in [0.717, 1.165) is 21.1 Å². The van der Waals surface area contributed by atoms with E-state index in [9.17, 15) is 19.2 Å². The summed E-state index contributed by atoms with van der Waals surface area (Å²) in [6, 6.07) is 14.2. The molecule has 0 saturated carbocycles. The minimum absolute atomic E-state index is 0.390. The second kappa shape index (κ2) is 8.12. The number of ketones is 4. The number of thiazole rings is 2. The van der Waals surface area contributed by atoms with Gasteiger partial charge < -0.3 is 0 Å². The van der Waals surface area contributed by atoms with Crippen molar-refractivity contribution in [2.75, 3.05) is 0 Å². The van der Waals surface area contributed by atoms with Crippen LogP contribution in [0.5, 0.6) is 0 Å². The zero-order chi connectivity index (χ0) is 29.3. The van der Waals surface area contributed by atoms with Gasteiger partial charge in [0.25, 0.3) is 0 Å². The minimum Gasteiger partial charge on any atom is -0.285 e. The van der Waals surface area contributed by atoms with E-state index >= 15 is 0 Å². The molecule has 8 heteroatoms. The number of Topliss-reactive ketones (excluding diaryl/α,β-unsaturated/α-hetero) is 4. The van der Waals surface area contributed by atoms with E-state index in [-0.39, 0.29) is 0 Å². The Labute approximate surface area is 249 Å². The van der Waals surface area contributed by atoms with E-state index in [2.05, 4.69) is 27.7 Å². The SMILES string of the molecule is CC1(C)C2=C(c3sc(/C=C4\C(=O)C(=O)c5ccccc54)nc31)C(C)(C)c1nc(/C=C3\C(=O)C(=O)c4ccccc43)sc12. The first kappa shape index (κ1) is 25.3. The van der Waals surface area contributed by atoms with Crippen molar-refractivity contribution in [3.8, 4) is 0 Å². The van der Waals surface area contributed by atoms with Crippen LogP contribution in [0.4, 0.5) is 0 Å². The molecule has 204 valence electrons. The van der Waals surface area contributed by atoms with Crippen LogP contribution in [0.3, 0.4) is 0 Å². The van der Waals surface area contributed by atoms with Crippen molar-refractivity contribution >= 4 is 80.3 Å². The van der Waals surface area contributed by atoms with Gasteiger partial charge in [-0.2, -0.15) is 0 Å². The van der Waals surface area contributed by atoms with Crippen LogP contribution in [0, 0.1) is 0 Å². The number of hydrogen-bond donors (Lipinski definition) is 0. The predicted molar refractivity (Wildman–Crippen MR) is 164 cm³/mol. The van der Waals surface area contributed by atoms with Crippen LogP contribution < -0.4 is 0 Å². The topological polar surface area (TPSA) is 94.1 Å². The lowest BCUT2D eigenvalue weighted by Gasteiger charge is -2.21. The Bertz CT molecular complexity index is 1970. The number of hydrogen-bond acceptors (Lipinski definition) is 8. The summed E-state index contributed by atoms with van der Waals surface area (Å²) in [7, 11) is 0. The van der Waals surface area contributed by atoms with E-state index in [1.54, 1.807) is 48.6 Å². The molecule has 0 spiro atoms. The molecule has 0 fully saturated rings. The standard InChI is InChI=1S/C34H22N2O4S2/c1-33(2)23-24(30-31(33)35-21(42-30)13-19-15-9-5-7-11-17(15)25(37)27(19)39)34(3,4)32-29(23)41-22(36-32)14-20-16-10-6-8-12-18(16)26(38)28(20)40/h5-14H,1-4H3/b19-13-,20-14-. The zero-order valence-electron chi connectivity index (χ0n) is 23.1. The lowest BCUT2D eigenvalue weighted by molar-refractivity contribution is -0.110. The summed E-state index contributed by atoms with van der Waals surface area (Å²) in [6.07, 6.45) is 3.51. The molecule has 6 nitrogen and oxygen atoms in total. The second-order valence-corrected chi connectivity index (χ2v) is 14.0. The maximum absolute atomic E-state index is 12.8. The lowest BCUT2D eigenvalue weighted by atomic mass is 9.84. The Morgan fingerprint density at radius 1 is 0.548 bits per heavy atom. The number of carbonyl (C=O) groups excluding carboxylic acids is 4. The van der Waals surface area contributed by atoms with Gasteiger partial charge in [-0.3, -0.25) is 19.2 Å². The second-order valence-electron chi connectivity index (χ2n) is 12.0. The van der Waals surface area contributed by atoms with Crippen LogP contribution in [0.1, 0.15) is 90.7 Å². The summed E-state index contributed by atoms with van der Waals surface area (Å²) >= 11 is 3.08. The first-order valence-corrected chi connectivity index (χ1v) is 15.2. The Balaban J connectivity index is 1.23. The molecule has 4 aliphatic carbocycles. The Kier molecular flexibility index (Phi) is 4.89. The number of rotatable bonds is 2. The lowest BCUT2D eigenvalue weighted by Crippen LogP contribution is -2.18. The highest BCUT2D eigenvalue weighted by Crippen LogP contribution is 2.64. The first-order chi connectivity index (χ1) is 20.0. The molecule has 8 rings (SSSR count). The number of allylic oxidation sites excluding steroid dienone is 4. The summed E-state index contributed by atoms with van der Waals surface area (Å²) in [5.41, 5.74) is 6.39. The van der Waals surface area contributed by atoms with E-state index in [0.29, 0.717) is 43.4 Å². The van der Waals surface area contributed by atoms with E-state index < -0.39 is 34.0 Å². The van der Waals surface area contributed by atoms with Crippen LogP contribution >= 0.6 is 22.7 Å². The molecule has 42 heavy (non-hydrogen) atoms. The summed E-state index contributed by atoms with van der Waals surface area (Å²) in [6.45, 7) is 8.62. The highest BCUT2D eigenvalue weighted by atomic mass is 32.1. The fourth-order valence-electron chi connectivity index (χ4n) is 6.74. The average molecular weight is 587 g/mol. The predicted octanol–water partition coefficient (Wildman–Crippen LogP) is 6.70. The summed E-state index contributed by atoms with van der Waals surface area (Å²) in [4.78, 5) is 62.9. The van der Waals surface area contributed by atoms with Gasteiger partial charge in [0.1, 0.15) is 10.0 Å². The van der Waals surface area contributed by atoms with E-state index in [4.69, 9.17) is 9.97 Å². The minimum atomic E-state index is -0.495. The average Bonchev–Trinajstić information content (AvgIpc) is 3.76. The molecule has 0 atom stereocenters. The van der Waals surface area contributed by atoms with Gasteiger partial charge >= 0.3 is 0 Å². The van der Waals surface area contributed by atoms with Crippen molar-refractivity contribution in [2.24, 2.45) is 0 Å². The fourth-order valence-corrected chi connectivity index (χ4v) is 9.50. The Hall–Kier alpha value is -4.40. The van der Waals surface area contributed by atoms with Crippen molar-refractivity contribution in [1.82, 2.24) is 9.97 Å². The molecule has 0 radical (unpaired) electrons. The molecular weight excluding hydrogens is 565 g/mol. The van der Waals surface area contributed by atoms with Gasteiger partial charge in [0.15, 0.2) is 0 Å². The highest BCUT2D eigenvalue weighted by Gasteiger charge is 2.54. The molecular formula is C34H22N2O4S2. The molecule has 2 aromatic carbocycles. The molecule has 0 unspecified atom stereocenters. The van der Waals surface area contributed by atoms with Crippen LogP contribution in [0.2, 0.25) is 0 Å². The van der Waals surface area contributed by atoms with Crippen LogP contribution in [0.15, 0.2) is 48.5 Å². The number of aromatic nitrogens is 2. The van der Waals surface area contributed by atoms with Gasteiger partial charge in [-0.05, 0) is 34.4 Å². The Morgan fingerprint density at radius 2 is 0.905 bits per heavy atom. The molecule has 0 saturated heterocycles. The number of benzene rings is 2. The van der Waals surface area contributed by atoms with Gasteiger partial charge in [-0.1, -0.05) is 76.2 Å². The number of nitrogens with zero attached hydrogens (tertiary/aromatic N) is 2. The van der Waals surface area contributed by atoms with Gasteiger partial charge in [-0.15, -0.1) is 22.7 Å². The van der Waals surface area contributed by atoms with E-state index in [1.165, 1.54) is 33.8 Å². The zero-order valence-corrected chi connectivity index (χ0v) is 24.8. The molecule has 4 aliphatic rings. The molecule has 0 bridgehead atoms. The Morgan fingerprint density at radius 3 is 1.29 bits per heavy atom. The summed E-state index contributed by atoms with van der Waals surface area (Å²) in [5.74, 6) is -1.94. The molecule has 0 aliphatic heterocycles. The van der Waals surface area contributed by atoms with Crippen molar-refractivity contribution in [1.29, 1.82) is 0 Å². The largest absolute Gasteiger partial charge is 0.285 e. The molecule has 2 heterocycles. The van der Waals surface area contributed by atoms with Crippen molar-refractivity contribution in [2.45, 2.75) is 38.5 Å². The van der Waals surface area contributed by atoms with Gasteiger partial charge in [0.2, 0.25) is 23.1 Å². The highest BCUT2D eigenvalue weighted by molar-refractivity contribution is 7.15. The van der Waals surface area contributed by atoms with Crippen molar-refractivity contribution in [3.63, 3.8) is 0 Å². The molecule has 0 amide bonds.